The predicted molar refractivity (Wildman–Crippen MR) is 98.3 cm³/mol. The van der Waals surface area contributed by atoms with Gasteiger partial charge in [0.2, 0.25) is 5.89 Å². The summed E-state index contributed by atoms with van der Waals surface area (Å²) in [6, 6.07) is 5.38. The van der Waals surface area contributed by atoms with Crippen molar-refractivity contribution in [3.8, 4) is 11.3 Å². The highest BCUT2D eigenvalue weighted by atomic mass is 16.5. The van der Waals surface area contributed by atoms with Gasteiger partial charge in [-0.05, 0) is 43.7 Å². The van der Waals surface area contributed by atoms with E-state index in [1.54, 1.807) is 18.5 Å². The van der Waals surface area contributed by atoms with Crippen molar-refractivity contribution in [2.75, 3.05) is 13.1 Å². The van der Waals surface area contributed by atoms with Crippen LogP contribution in [0.3, 0.4) is 0 Å². The molecule has 0 N–H and O–H groups in total. The number of likely N-dealkylation sites (tertiary alicyclic amines) is 1. The van der Waals surface area contributed by atoms with Crippen LogP contribution in [0.1, 0.15) is 53.8 Å². The molecule has 28 heavy (non-hydrogen) atoms. The standard InChI is InChI=1S/C20H21N5O3/c26-20(16-10-17(27-23-16)15-4-1-7-21-11-15)25-8-2-3-13(12-25)9-18-22-19(24-28-18)14-5-6-14/h1,4,7,10-11,13-14H,2-3,5-6,8-9,12H2/t13-/m1/s1. The SMILES string of the molecule is O=C(c1cc(-c2cccnc2)on1)N1CCC[C@H](Cc2nc(C3CC3)no2)C1. The molecule has 144 valence electrons. The van der Waals surface area contributed by atoms with Crippen LogP contribution in [0.4, 0.5) is 0 Å². The molecule has 0 aromatic carbocycles. The maximum Gasteiger partial charge on any atom is 0.276 e. The minimum Gasteiger partial charge on any atom is -0.355 e. The Hall–Kier alpha value is -3.03. The van der Waals surface area contributed by atoms with Crippen molar-refractivity contribution in [3.05, 3.63) is 48.0 Å². The zero-order valence-corrected chi connectivity index (χ0v) is 15.5. The van der Waals surface area contributed by atoms with E-state index < -0.39 is 0 Å². The van der Waals surface area contributed by atoms with E-state index in [0.29, 0.717) is 42.1 Å². The molecular formula is C20H21N5O3. The molecule has 3 aromatic heterocycles. The normalized spacial score (nSPS) is 19.7. The van der Waals surface area contributed by atoms with Crippen LogP contribution in [0.15, 0.2) is 39.6 Å². The molecule has 1 aliphatic heterocycles. The van der Waals surface area contributed by atoms with Crippen LogP contribution in [0, 0.1) is 5.92 Å². The highest BCUT2D eigenvalue weighted by molar-refractivity contribution is 5.93. The van der Waals surface area contributed by atoms with Crippen molar-refractivity contribution < 1.29 is 13.8 Å². The topological polar surface area (TPSA) is 98.2 Å². The minimum atomic E-state index is -0.104. The molecular weight excluding hydrogens is 358 g/mol. The van der Waals surface area contributed by atoms with Gasteiger partial charge in [-0.15, -0.1) is 0 Å². The second-order valence-corrected chi connectivity index (χ2v) is 7.60. The third-order valence-corrected chi connectivity index (χ3v) is 5.37. The molecule has 8 nitrogen and oxygen atoms in total. The van der Waals surface area contributed by atoms with Crippen molar-refractivity contribution in [2.24, 2.45) is 5.92 Å². The van der Waals surface area contributed by atoms with Crippen molar-refractivity contribution in [2.45, 2.75) is 38.0 Å². The smallest absolute Gasteiger partial charge is 0.276 e. The van der Waals surface area contributed by atoms with Gasteiger partial charge in [0, 0.05) is 49.5 Å². The van der Waals surface area contributed by atoms with Crippen LogP contribution in [0.25, 0.3) is 11.3 Å². The Morgan fingerprint density at radius 1 is 1.21 bits per heavy atom. The zero-order chi connectivity index (χ0) is 18.9. The van der Waals surface area contributed by atoms with Crippen LogP contribution < -0.4 is 0 Å². The maximum absolute atomic E-state index is 12.9. The number of hydrogen-bond acceptors (Lipinski definition) is 7. The second-order valence-electron chi connectivity index (χ2n) is 7.60. The molecule has 8 heteroatoms. The van der Waals surface area contributed by atoms with E-state index >= 15 is 0 Å². The van der Waals surface area contributed by atoms with Crippen molar-refractivity contribution >= 4 is 5.91 Å². The van der Waals surface area contributed by atoms with Crippen LogP contribution in [0.5, 0.6) is 0 Å². The number of nitrogens with zero attached hydrogens (tertiary/aromatic N) is 5. The number of aromatic nitrogens is 4. The van der Waals surface area contributed by atoms with Gasteiger partial charge in [0.1, 0.15) is 0 Å². The molecule has 1 saturated heterocycles. The van der Waals surface area contributed by atoms with Gasteiger partial charge in [0.05, 0.1) is 0 Å². The van der Waals surface area contributed by atoms with Crippen molar-refractivity contribution in [3.63, 3.8) is 0 Å². The average Bonchev–Trinajstić information content (AvgIpc) is 3.28. The molecule has 4 heterocycles. The fourth-order valence-corrected chi connectivity index (χ4v) is 3.70. The summed E-state index contributed by atoms with van der Waals surface area (Å²) in [7, 11) is 0. The molecule has 3 aromatic rings. The summed E-state index contributed by atoms with van der Waals surface area (Å²) in [5, 5.41) is 8.05. The summed E-state index contributed by atoms with van der Waals surface area (Å²) in [5.74, 6) is 2.76. The number of carbonyl (C=O) groups is 1. The highest BCUT2D eigenvalue weighted by Gasteiger charge is 2.31. The van der Waals surface area contributed by atoms with Gasteiger partial charge in [0.25, 0.3) is 5.91 Å². The third-order valence-electron chi connectivity index (χ3n) is 5.37. The molecule has 5 rings (SSSR count). The van der Waals surface area contributed by atoms with E-state index in [0.717, 1.165) is 43.6 Å². The van der Waals surface area contributed by atoms with Gasteiger partial charge in [-0.25, -0.2) is 0 Å². The maximum atomic E-state index is 12.9. The Morgan fingerprint density at radius 2 is 2.14 bits per heavy atom. The Balaban J connectivity index is 1.24. The number of amides is 1. The van der Waals surface area contributed by atoms with Gasteiger partial charge in [0.15, 0.2) is 17.3 Å². The molecule has 1 amide bonds. The first-order chi connectivity index (χ1) is 13.8. The van der Waals surface area contributed by atoms with Gasteiger partial charge in [-0.2, -0.15) is 4.98 Å². The second kappa shape index (κ2) is 7.18. The molecule has 1 aliphatic carbocycles. The summed E-state index contributed by atoms with van der Waals surface area (Å²) in [5.41, 5.74) is 1.13. The molecule has 1 saturated carbocycles. The van der Waals surface area contributed by atoms with E-state index in [9.17, 15) is 4.79 Å². The Kier molecular flexibility index (Phi) is 4.38. The fourth-order valence-electron chi connectivity index (χ4n) is 3.70. The lowest BCUT2D eigenvalue weighted by Gasteiger charge is -2.31. The van der Waals surface area contributed by atoms with E-state index in [1.165, 1.54) is 0 Å². The summed E-state index contributed by atoms with van der Waals surface area (Å²) >= 11 is 0. The Morgan fingerprint density at radius 3 is 2.96 bits per heavy atom. The first-order valence-corrected chi connectivity index (χ1v) is 9.75. The summed E-state index contributed by atoms with van der Waals surface area (Å²) < 4.78 is 10.7. The summed E-state index contributed by atoms with van der Waals surface area (Å²) in [6.07, 6.45) is 8.40. The molecule has 0 radical (unpaired) electrons. The zero-order valence-electron chi connectivity index (χ0n) is 15.5. The molecule has 1 atom stereocenters. The lowest BCUT2D eigenvalue weighted by molar-refractivity contribution is 0.0658. The number of pyridine rings is 1. The van der Waals surface area contributed by atoms with E-state index in [-0.39, 0.29) is 5.91 Å². The summed E-state index contributed by atoms with van der Waals surface area (Å²) in [6.45, 7) is 1.39. The lowest BCUT2D eigenvalue weighted by Crippen LogP contribution is -2.40. The monoisotopic (exact) mass is 379 g/mol. The number of carbonyl (C=O) groups excluding carboxylic acids is 1. The molecule has 0 bridgehead atoms. The minimum absolute atomic E-state index is 0.104. The van der Waals surface area contributed by atoms with Crippen molar-refractivity contribution in [1.29, 1.82) is 0 Å². The Labute approximate surface area is 161 Å². The highest BCUT2D eigenvalue weighted by Crippen LogP contribution is 2.38. The molecule has 2 fully saturated rings. The van der Waals surface area contributed by atoms with Crippen LogP contribution >= 0.6 is 0 Å². The largest absolute Gasteiger partial charge is 0.355 e. The van der Waals surface area contributed by atoms with Crippen LogP contribution in [-0.2, 0) is 6.42 Å². The summed E-state index contributed by atoms with van der Waals surface area (Å²) in [4.78, 5) is 23.3. The number of hydrogen-bond donors (Lipinski definition) is 0. The number of piperidine rings is 1. The average molecular weight is 379 g/mol. The van der Waals surface area contributed by atoms with Crippen molar-refractivity contribution in [1.82, 2.24) is 25.2 Å². The van der Waals surface area contributed by atoms with E-state index in [1.807, 2.05) is 17.0 Å². The third kappa shape index (κ3) is 3.54. The van der Waals surface area contributed by atoms with Crippen LogP contribution in [-0.4, -0.2) is 44.2 Å². The van der Waals surface area contributed by atoms with Crippen LogP contribution in [0.2, 0.25) is 0 Å². The predicted octanol–water partition coefficient (Wildman–Crippen LogP) is 3.09. The number of rotatable bonds is 5. The fraction of sp³-hybridized carbons (Fsp3) is 0.450. The molecule has 0 spiro atoms. The van der Waals surface area contributed by atoms with E-state index in [2.05, 4.69) is 20.3 Å². The lowest BCUT2D eigenvalue weighted by atomic mass is 9.94. The first-order valence-electron chi connectivity index (χ1n) is 9.75. The molecule has 0 unspecified atom stereocenters. The van der Waals surface area contributed by atoms with E-state index in [4.69, 9.17) is 9.05 Å². The van der Waals surface area contributed by atoms with Gasteiger partial charge in [-0.3, -0.25) is 9.78 Å². The quantitative estimate of drug-likeness (QED) is 0.672. The van der Waals surface area contributed by atoms with Gasteiger partial charge >= 0.3 is 0 Å². The first kappa shape index (κ1) is 17.1. The van der Waals surface area contributed by atoms with Gasteiger partial charge < -0.3 is 13.9 Å². The Bertz CT molecular complexity index is 963. The van der Waals surface area contributed by atoms with Gasteiger partial charge in [-0.1, -0.05) is 10.3 Å². The molecule has 2 aliphatic rings.